The summed E-state index contributed by atoms with van der Waals surface area (Å²) < 4.78 is 40.4. The molecule has 10 heteroatoms. The van der Waals surface area contributed by atoms with Crippen LogP contribution in [-0.4, -0.2) is 31.7 Å². The molecule has 0 spiro atoms. The summed E-state index contributed by atoms with van der Waals surface area (Å²) in [6, 6.07) is 27.2. The van der Waals surface area contributed by atoms with Crippen LogP contribution in [0.1, 0.15) is 5.69 Å². The third-order valence-electron chi connectivity index (χ3n) is 6.55. The van der Waals surface area contributed by atoms with E-state index in [9.17, 15) is 22.8 Å². The standard InChI is InChI=1S/C30H20F3N5O2/c31-30(32,33)29(40)35-17-23-24(21-13-14-22-20(16-21)12-7-15-34-22)28(39)38-27(36-23)25(18-8-3-1-4-9-18)26(37-38)19-10-5-2-6-11-19/h1-16,36H,17H2,(H,35,40). The molecule has 0 aliphatic heterocycles. The number of pyridine rings is 1. The zero-order chi connectivity index (χ0) is 27.9. The first kappa shape index (κ1) is 25.1. The first-order valence-electron chi connectivity index (χ1n) is 12.3. The van der Waals surface area contributed by atoms with E-state index in [1.807, 2.05) is 72.0 Å². The summed E-state index contributed by atoms with van der Waals surface area (Å²) in [5.74, 6) is -2.11. The topological polar surface area (TPSA) is 92.1 Å². The van der Waals surface area contributed by atoms with Gasteiger partial charge in [0.1, 0.15) is 11.3 Å². The summed E-state index contributed by atoms with van der Waals surface area (Å²) in [6.07, 6.45) is -3.44. The van der Waals surface area contributed by atoms with Crippen LogP contribution in [0.3, 0.4) is 0 Å². The van der Waals surface area contributed by atoms with E-state index in [-0.39, 0.29) is 16.9 Å². The van der Waals surface area contributed by atoms with Gasteiger partial charge in [0.05, 0.1) is 23.2 Å². The molecule has 6 rings (SSSR count). The van der Waals surface area contributed by atoms with Crippen molar-refractivity contribution in [2.45, 2.75) is 12.7 Å². The van der Waals surface area contributed by atoms with Gasteiger partial charge < -0.3 is 10.3 Å². The number of amides is 1. The number of nitrogens with one attached hydrogen (secondary N) is 2. The number of rotatable bonds is 5. The number of alkyl halides is 3. The van der Waals surface area contributed by atoms with Crippen molar-refractivity contribution in [2.75, 3.05) is 0 Å². The first-order chi connectivity index (χ1) is 19.3. The molecule has 3 aromatic carbocycles. The van der Waals surface area contributed by atoms with E-state index in [0.717, 1.165) is 16.5 Å². The molecule has 0 aliphatic rings. The van der Waals surface area contributed by atoms with Gasteiger partial charge in [0.25, 0.3) is 5.56 Å². The monoisotopic (exact) mass is 539 g/mol. The minimum absolute atomic E-state index is 0.0856. The lowest BCUT2D eigenvalue weighted by Gasteiger charge is -2.13. The summed E-state index contributed by atoms with van der Waals surface area (Å²) in [7, 11) is 0. The number of H-pyrrole nitrogens is 1. The summed E-state index contributed by atoms with van der Waals surface area (Å²) in [5.41, 5.74) is 3.69. The van der Waals surface area contributed by atoms with Crippen LogP contribution in [0.25, 0.3) is 50.1 Å². The highest BCUT2D eigenvalue weighted by Crippen LogP contribution is 2.35. The predicted octanol–water partition coefficient (Wildman–Crippen LogP) is 5.75. The normalized spacial score (nSPS) is 11.7. The molecule has 3 heterocycles. The van der Waals surface area contributed by atoms with Crippen molar-refractivity contribution >= 4 is 22.5 Å². The van der Waals surface area contributed by atoms with Gasteiger partial charge in [-0.1, -0.05) is 72.8 Å². The Labute approximate surface area is 224 Å². The van der Waals surface area contributed by atoms with Crippen molar-refractivity contribution in [1.29, 1.82) is 0 Å². The van der Waals surface area contributed by atoms with Crippen molar-refractivity contribution in [2.24, 2.45) is 0 Å². The smallest absolute Gasteiger partial charge is 0.343 e. The number of carbonyl (C=O) groups excluding carboxylic acids is 1. The average molecular weight is 540 g/mol. The fourth-order valence-electron chi connectivity index (χ4n) is 4.73. The number of hydrogen-bond donors (Lipinski definition) is 2. The lowest BCUT2D eigenvalue weighted by Crippen LogP contribution is -2.37. The fraction of sp³-hybridized carbons (Fsp3) is 0.0667. The van der Waals surface area contributed by atoms with Gasteiger partial charge in [0.2, 0.25) is 0 Å². The molecule has 0 radical (unpaired) electrons. The van der Waals surface area contributed by atoms with Gasteiger partial charge in [-0.05, 0) is 29.3 Å². The van der Waals surface area contributed by atoms with E-state index in [1.54, 1.807) is 30.5 Å². The third-order valence-corrected chi connectivity index (χ3v) is 6.55. The lowest BCUT2D eigenvalue weighted by molar-refractivity contribution is -0.173. The highest BCUT2D eigenvalue weighted by Gasteiger charge is 2.38. The van der Waals surface area contributed by atoms with Gasteiger partial charge in [-0.25, -0.2) is 0 Å². The Kier molecular flexibility index (Phi) is 6.14. The summed E-state index contributed by atoms with van der Waals surface area (Å²) in [5, 5.41) is 7.31. The Morgan fingerprint density at radius 2 is 1.55 bits per heavy atom. The lowest BCUT2D eigenvalue weighted by atomic mass is 10.0. The number of aromatic amines is 1. The molecule has 198 valence electrons. The highest BCUT2D eigenvalue weighted by atomic mass is 19.4. The van der Waals surface area contributed by atoms with Crippen LogP contribution in [0.2, 0.25) is 0 Å². The van der Waals surface area contributed by atoms with E-state index in [4.69, 9.17) is 0 Å². The Bertz CT molecular complexity index is 1930. The van der Waals surface area contributed by atoms with Crippen LogP contribution in [0.15, 0.2) is 102 Å². The average Bonchev–Trinajstić information content (AvgIpc) is 3.36. The van der Waals surface area contributed by atoms with Crippen molar-refractivity contribution in [1.82, 2.24) is 24.9 Å². The Hall–Kier alpha value is -5.25. The highest BCUT2D eigenvalue weighted by molar-refractivity contribution is 5.91. The van der Waals surface area contributed by atoms with E-state index >= 15 is 0 Å². The Morgan fingerprint density at radius 3 is 2.25 bits per heavy atom. The van der Waals surface area contributed by atoms with Crippen molar-refractivity contribution < 1.29 is 18.0 Å². The van der Waals surface area contributed by atoms with E-state index in [0.29, 0.717) is 22.3 Å². The van der Waals surface area contributed by atoms with Crippen LogP contribution in [0, 0.1) is 0 Å². The molecule has 0 unspecified atom stereocenters. The van der Waals surface area contributed by atoms with Gasteiger partial charge >= 0.3 is 12.1 Å². The van der Waals surface area contributed by atoms with Crippen molar-refractivity contribution in [3.8, 4) is 33.5 Å². The predicted molar refractivity (Wildman–Crippen MR) is 145 cm³/mol. The third kappa shape index (κ3) is 4.49. The molecule has 0 bridgehead atoms. The summed E-state index contributed by atoms with van der Waals surface area (Å²) in [4.78, 5) is 33.3. The Balaban J connectivity index is 1.64. The largest absolute Gasteiger partial charge is 0.471 e. The molecule has 0 aliphatic carbocycles. The van der Waals surface area contributed by atoms with E-state index in [1.165, 1.54) is 4.52 Å². The number of carbonyl (C=O) groups is 1. The van der Waals surface area contributed by atoms with Crippen LogP contribution in [-0.2, 0) is 11.3 Å². The molecule has 0 atom stereocenters. The van der Waals surface area contributed by atoms with Crippen LogP contribution in [0.5, 0.6) is 0 Å². The molecule has 0 saturated carbocycles. The van der Waals surface area contributed by atoms with Crippen LogP contribution >= 0.6 is 0 Å². The minimum Gasteiger partial charge on any atom is -0.343 e. The maximum Gasteiger partial charge on any atom is 0.471 e. The van der Waals surface area contributed by atoms with E-state index < -0.39 is 24.2 Å². The molecule has 1 amide bonds. The molecular formula is C30H20F3N5O2. The molecule has 6 aromatic rings. The van der Waals surface area contributed by atoms with Crippen LogP contribution < -0.4 is 10.9 Å². The molecule has 3 aromatic heterocycles. The summed E-state index contributed by atoms with van der Waals surface area (Å²) >= 11 is 0. The number of hydrogen-bond acceptors (Lipinski definition) is 4. The Morgan fingerprint density at radius 1 is 0.850 bits per heavy atom. The second-order valence-corrected chi connectivity index (χ2v) is 9.09. The number of halogens is 3. The number of nitrogens with zero attached hydrogens (tertiary/aromatic N) is 3. The van der Waals surface area contributed by atoms with Crippen molar-refractivity contribution in [3.05, 3.63) is 113 Å². The zero-order valence-electron chi connectivity index (χ0n) is 20.7. The fourth-order valence-corrected chi connectivity index (χ4v) is 4.73. The molecule has 2 N–H and O–H groups in total. The van der Waals surface area contributed by atoms with E-state index in [2.05, 4.69) is 15.1 Å². The summed E-state index contributed by atoms with van der Waals surface area (Å²) in [6.45, 7) is -0.565. The molecule has 7 nitrogen and oxygen atoms in total. The maximum absolute atomic E-state index is 14.1. The van der Waals surface area contributed by atoms with Gasteiger partial charge in [0.15, 0.2) is 0 Å². The number of benzene rings is 3. The second kappa shape index (κ2) is 9.81. The van der Waals surface area contributed by atoms with Gasteiger partial charge in [0, 0.05) is 22.8 Å². The molecule has 0 fully saturated rings. The molecular weight excluding hydrogens is 519 g/mol. The van der Waals surface area contributed by atoms with Gasteiger partial charge in [-0.15, -0.1) is 0 Å². The van der Waals surface area contributed by atoms with Crippen molar-refractivity contribution in [3.63, 3.8) is 0 Å². The number of fused-ring (bicyclic) bond motifs is 2. The number of aromatic nitrogens is 4. The van der Waals surface area contributed by atoms with Crippen LogP contribution in [0.4, 0.5) is 13.2 Å². The van der Waals surface area contributed by atoms with Gasteiger partial charge in [-0.3, -0.25) is 14.6 Å². The maximum atomic E-state index is 14.1. The quantitative estimate of drug-likeness (QED) is 0.292. The minimum atomic E-state index is -5.08. The first-order valence-corrected chi connectivity index (χ1v) is 12.3. The zero-order valence-corrected chi connectivity index (χ0v) is 20.7. The molecule has 0 saturated heterocycles. The molecule has 40 heavy (non-hydrogen) atoms. The van der Waals surface area contributed by atoms with Gasteiger partial charge in [-0.2, -0.15) is 22.8 Å². The second-order valence-electron chi connectivity index (χ2n) is 9.09. The SMILES string of the molecule is O=C(NCc1[nH]c2c(-c3ccccc3)c(-c3ccccc3)nn2c(=O)c1-c1ccc2ncccc2c1)C(F)(F)F.